The summed E-state index contributed by atoms with van der Waals surface area (Å²) < 4.78 is 0. The summed E-state index contributed by atoms with van der Waals surface area (Å²) >= 11 is 0. The third-order valence-corrected chi connectivity index (χ3v) is 4.17. The summed E-state index contributed by atoms with van der Waals surface area (Å²) in [6, 6.07) is 18.4. The zero-order valence-electron chi connectivity index (χ0n) is 16.0. The van der Waals surface area contributed by atoms with Crippen molar-refractivity contribution in [2.75, 3.05) is 10.6 Å². The standard InChI is InChI=1S/C22H21N5O/c1-22(2,3)16-7-9-17(10-8-16)27-21(28)19-12-20(25-14-24-19)26-18-6-4-5-15(11-18)13-23/h4-12,14H,1-3H3,(H,27,28)(H,24,25,26). The zero-order valence-corrected chi connectivity index (χ0v) is 16.0. The Morgan fingerprint density at radius 1 is 1.00 bits per heavy atom. The minimum atomic E-state index is -0.320. The maximum Gasteiger partial charge on any atom is 0.274 e. The number of carbonyl (C=O) groups excluding carboxylic acids is 1. The van der Waals surface area contributed by atoms with Gasteiger partial charge in [0.25, 0.3) is 5.91 Å². The molecule has 0 atom stereocenters. The molecule has 0 fully saturated rings. The second kappa shape index (κ2) is 7.89. The van der Waals surface area contributed by atoms with Gasteiger partial charge in [0.05, 0.1) is 11.6 Å². The van der Waals surface area contributed by atoms with E-state index in [0.717, 1.165) is 0 Å². The maximum absolute atomic E-state index is 12.5. The molecule has 0 saturated carbocycles. The van der Waals surface area contributed by atoms with Gasteiger partial charge in [-0.25, -0.2) is 9.97 Å². The van der Waals surface area contributed by atoms with Crippen LogP contribution in [-0.2, 0) is 5.41 Å². The summed E-state index contributed by atoms with van der Waals surface area (Å²) in [4.78, 5) is 20.7. The second-order valence-electron chi connectivity index (χ2n) is 7.39. The smallest absolute Gasteiger partial charge is 0.274 e. The van der Waals surface area contributed by atoms with Gasteiger partial charge in [0.15, 0.2) is 0 Å². The first-order valence-corrected chi connectivity index (χ1v) is 8.86. The van der Waals surface area contributed by atoms with Crippen molar-refractivity contribution in [3.05, 3.63) is 77.7 Å². The monoisotopic (exact) mass is 371 g/mol. The molecule has 3 aromatic rings. The Labute approximate surface area is 164 Å². The van der Waals surface area contributed by atoms with E-state index >= 15 is 0 Å². The molecule has 0 aliphatic rings. The minimum Gasteiger partial charge on any atom is -0.340 e. The number of hydrogen-bond donors (Lipinski definition) is 2. The summed E-state index contributed by atoms with van der Waals surface area (Å²) in [5, 5.41) is 14.9. The van der Waals surface area contributed by atoms with Crippen LogP contribution in [0.2, 0.25) is 0 Å². The molecule has 0 bridgehead atoms. The van der Waals surface area contributed by atoms with Crippen LogP contribution in [0.15, 0.2) is 60.9 Å². The summed E-state index contributed by atoms with van der Waals surface area (Å²) in [7, 11) is 0. The molecule has 1 aromatic heterocycles. The SMILES string of the molecule is CC(C)(C)c1ccc(NC(=O)c2cc(Nc3cccc(C#N)c3)ncn2)cc1. The van der Waals surface area contributed by atoms with E-state index in [9.17, 15) is 4.79 Å². The Kier molecular flexibility index (Phi) is 5.37. The number of carbonyl (C=O) groups is 1. The molecule has 3 rings (SSSR count). The lowest BCUT2D eigenvalue weighted by Gasteiger charge is -2.19. The second-order valence-corrected chi connectivity index (χ2v) is 7.39. The highest BCUT2D eigenvalue weighted by Crippen LogP contribution is 2.23. The molecule has 2 N–H and O–H groups in total. The quantitative estimate of drug-likeness (QED) is 0.697. The van der Waals surface area contributed by atoms with Crippen molar-refractivity contribution in [3.8, 4) is 6.07 Å². The van der Waals surface area contributed by atoms with Crippen LogP contribution in [0.25, 0.3) is 0 Å². The number of aromatic nitrogens is 2. The third-order valence-electron chi connectivity index (χ3n) is 4.17. The molecule has 0 aliphatic carbocycles. The van der Waals surface area contributed by atoms with Crippen LogP contribution in [0.1, 0.15) is 42.4 Å². The van der Waals surface area contributed by atoms with E-state index in [2.05, 4.69) is 47.4 Å². The lowest BCUT2D eigenvalue weighted by Crippen LogP contribution is -2.15. The molecule has 0 radical (unpaired) electrons. The highest BCUT2D eigenvalue weighted by atomic mass is 16.1. The normalized spacial score (nSPS) is 10.8. The van der Waals surface area contributed by atoms with E-state index in [1.165, 1.54) is 11.9 Å². The van der Waals surface area contributed by atoms with Crippen LogP contribution < -0.4 is 10.6 Å². The fraction of sp³-hybridized carbons (Fsp3) is 0.182. The van der Waals surface area contributed by atoms with Crippen molar-refractivity contribution >= 4 is 23.1 Å². The van der Waals surface area contributed by atoms with Crippen LogP contribution in [-0.4, -0.2) is 15.9 Å². The number of rotatable bonds is 4. The molecular weight excluding hydrogens is 350 g/mol. The number of nitriles is 1. The number of benzene rings is 2. The molecule has 0 unspecified atom stereocenters. The van der Waals surface area contributed by atoms with E-state index in [-0.39, 0.29) is 17.0 Å². The molecule has 0 spiro atoms. The molecule has 0 aliphatic heterocycles. The largest absolute Gasteiger partial charge is 0.340 e. The van der Waals surface area contributed by atoms with Gasteiger partial charge in [-0.2, -0.15) is 5.26 Å². The Morgan fingerprint density at radius 2 is 1.75 bits per heavy atom. The fourth-order valence-electron chi connectivity index (χ4n) is 2.61. The molecule has 28 heavy (non-hydrogen) atoms. The molecule has 1 amide bonds. The Morgan fingerprint density at radius 3 is 2.43 bits per heavy atom. The molecular formula is C22H21N5O. The highest BCUT2D eigenvalue weighted by molar-refractivity contribution is 6.03. The average Bonchev–Trinajstić information content (AvgIpc) is 2.68. The van der Waals surface area contributed by atoms with Crippen LogP contribution in [0.3, 0.4) is 0 Å². The number of anilines is 3. The Hall–Kier alpha value is -3.72. The number of hydrogen-bond acceptors (Lipinski definition) is 5. The van der Waals surface area contributed by atoms with Gasteiger partial charge < -0.3 is 10.6 Å². The lowest BCUT2D eigenvalue weighted by molar-refractivity contribution is 0.102. The Balaban J connectivity index is 1.72. The predicted molar refractivity (Wildman–Crippen MR) is 110 cm³/mol. The molecule has 2 aromatic carbocycles. The van der Waals surface area contributed by atoms with Crippen molar-refractivity contribution in [2.45, 2.75) is 26.2 Å². The van der Waals surface area contributed by atoms with Crippen LogP contribution in [0.5, 0.6) is 0 Å². The van der Waals surface area contributed by atoms with Gasteiger partial charge in [-0.15, -0.1) is 0 Å². The maximum atomic E-state index is 12.5. The van der Waals surface area contributed by atoms with Crippen molar-refractivity contribution in [2.24, 2.45) is 0 Å². The van der Waals surface area contributed by atoms with Crippen molar-refractivity contribution in [1.82, 2.24) is 9.97 Å². The first kappa shape index (κ1) is 19.1. The van der Waals surface area contributed by atoms with Gasteiger partial charge in [0, 0.05) is 17.4 Å². The molecule has 1 heterocycles. The van der Waals surface area contributed by atoms with Crippen molar-refractivity contribution in [3.63, 3.8) is 0 Å². The van der Waals surface area contributed by atoms with Crippen molar-refractivity contribution in [1.29, 1.82) is 5.26 Å². The predicted octanol–water partition coefficient (Wildman–Crippen LogP) is 4.64. The number of nitrogens with zero attached hydrogens (tertiary/aromatic N) is 3. The van der Waals surface area contributed by atoms with Gasteiger partial charge in [-0.1, -0.05) is 39.0 Å². The van der Waals surface area contributed by atoms with Gasteiger partial charge in [-0.3, -0.25) is 4.79 Å². The minimum absolute atomic E-state index is 0.0542. The molecule has 140 valence electrons. The fourth-order valence-corrected chi connectivity index (χ4v) is 2.61. The van der Waals surface area contributed by atoms with Crippen LogP contribution in [0.4, 0.5) is 17.2 Å². The van der Waals surface area contributed by atoms with E-state index in [4.69, 9.17) is 5.26 Å². The van der Waals surface area contributed by atoms with Crippen LogP contribution in [0, 0.1) is 11.3 Å². The topological polar surface area (TPSA) is 90.7 Å². The third kappa shape index (κ3) is 4.71. The summed E-state index contributed by atoms with van der Waals surface area (Å²) in [5.41, 5.74) is 3.44. The van der Waals surface area contributed by atoms with E-state index in [1.807, 2.05) is 30.3 Å². The van der Waals surface area contributed by atoms with E-state index < -0.39 is 0 Å². The van der Waals surface area contributed by atoms with E-state index in [0.29, 0.717) is 22.8 Å². The number of nitrogens with one attached hydrogen (secondary N) is 2. The van der Waals surface area contributed by atoms with Gasteiger partial charge in [0.1, 0.15) is 17.8 Å². The Bertz CT molecular complexity index is 1030. The van der Waals surface area contributed by atoms with Gasteiger partial charge >= 0.3 is 0 Å². The summed E-state index contributed by atoms with van der Waals surface area (Å²) in [5.74, 6) is 0.151. The van der Waals surface area contributed by atoms with Gasteiger partial charge in [-0.05, 0) is 41.3 Å². The molecule has 6 nitrogen and oxygen atoms in total. The lowest BCUT2D eigenvalue weighted by atomic mass is 9.87. The summed E-state index contributed by atoms with van der Waals surface area (Å²) in [6.07, 6.45) is 1.33. The highest BCUT2D eigenvalue weighted by Gasteiger charge is 2.14. The first-order valence-electron chi connectivity index (χ1n) is 8.86. The van der Waals surface area contributed by atoms with Crippen molar-refractivity contribution < 1.29 is 4.79 Å². The average molecular weight is 371 g/mol. The first-order chi connectivity index (χ1) is 13.3. The number of amides is 1. The summed E-state index contributed by atoms with van der Waals surface area (Å²) in [6.45, 7) is 6.42. The van der Waals surface area contributed by atoms with Gasteiger partial charge in [0.2, 0.25) is 0 Å². The molecule has 0 saturated heterocycles. The van der Waals surface area contributed by atoms with Crippen LogP contribution >= 0.6 is 0 Å². The zero-order chi connectivity index (χ0) is 20.1. The molecule has 6 heteroatoms. The van der Waals surface area contributed by atoms with E-state index in [1.54, 1.807) is 24.3 Å².